The standard InChI is InChI=1S/C16H16O2S2/c1-9(17)15-13-5-6-14-12(4-3-11(13)7-19-15)8-20-16(14)10(2)18/h7-8H,3-6H2,1-2H3. The second-order valence-electron chi connectivity index (χ2n) is 5.25. The molecule has 0 aromatic carbocycles. The fourth-order valence-electron chi connectivity index (χ4n) is 2.91. The highest BCUT2D eigenvalue weighted by atomic mass is 32.1. The van der Waals surface area contributed by atoms with E-state index in [1.807, 2.05) is 0 Å². The number of ketones is 2. The van der Waals surface area contributed by atoms with E-state index in [1.54, 1.807) is 36.5 Å². The number of fused-ring (bicyclic) bond motifs is 2. The lowest BCUT2D eigenvalue weighted by atomic mass is 9.90. The molecule has 4 heteroatoms. The van der Waals surface area contributed by atoms with Crippen molar-refractivity contribution in [3.05, 3.63) is 42.8 Å². The molecule has 0 fully saturated rings. The van der Waals surface area contributed by atoms with Crippen molar-refractivity contribution in [3.8, 4) is 0 Å². The van der Waals surface area contributed by atoms with Gasteiger partial charge < -0.3 is 0 Å². The third-order valence-electron chi connectivity index (χ3n) is 3.89. The first-order valence-corrected chi connectivity index (χ1v) is 8.54. The highest BCUT2D eigenvalue weighted by Gasteiger charge is 2.21. The van der Waals surface area contributed by atoms with Gasteiger partial charge in [0.05, 0.1) is 9.75 Å². The second kappa shape index (κ2) is 5.26. The summed E-state index contributed by atoms with van der Waals surface area (Å²) in [6.45, 7) is 3.28. The molecule has 2 heterocycles. The summed E-state index contributed by atoms with van der Waals surface area (Å²) < 4.78 is 0. The van der Waals surface area contributed by atoms with Crippen LogP contribution in [0, 0.1) is 0 Å². The summed E-state index contributed by atoms with van der Waals surface area (Å²) in [5.74, 6) is 0.323. The van der Waals surface area contributed by atoms with Gasteiger partial charge in [-0.2, -0.15) is 0 Å². The Labute approximate surface area is 126 Å². The van der Waals surface area contributed by atoms with E-state index in [2.05, 4.69) is 10.8 Å². The highest BCUT2D eigenvalue weighted by molar-refractivity contribution is 7.12. The molecule has 0 saturated heterocycles. The van der Waals surface area contributed by atoms with Crippen LogP contribution < -0.4 is 0 Å². The second-order valence-corrected chi connectivity index (χ2v) is 7.01. The summed E-state index contributed by atoms with van der Waals surface area (Å²) in [7, 11) is 0. The maximum absolute atomic E-state index is 11.7. The Balaban J connectivity index is 1.99. The third kappa shape index (κ3) is 2.27. The first-order chi connectivity index (χ1) is 9.58. The zero-order chi connectivity index (χ0) is 14.3. The smallest absolute Gasteiger partial charge is 0.169 e. The molecule has 0 aliphatic heterocycles. The zero-order valence-corrected chi connectivity index (χ0v) is 13.2. The van der Waals surface area contributed by atoms with Crippen LogP contribution in [0.4, 0.5) is 0 Å². The maximum Gasteiger partial charge on any atom is 0.169 e. The maximum atomic E-state index is 11.7. The van der Waals surface area contributed by atoms with Gasteiger partial charge in [0.25, 0.3) is 0 Å². The first kappa shape index (κ1) is 13.7. The molecule has 0 unspecified atom stereocenters. The van der Waals surface area contributed by atoms with Crippen LogP contribution in [0.25, 0.3) is 0 Å². The van der Waals surface area contributed by atoms with Gasteiger partial charge in [-0.1, -0.05) is 0 Å². The fraction of sp³-hybridized carbons (Fsp3) is 0.375. The molecule has 2 nitrogen and oxygen atoms in total. The molecule has 20 heavy (non-hydrogen) atoms. The highest BCUT2D eigenvalue weighted by Crippen LogP contribution is 2.32. The van der Waals surface area contributed by atoms with E-state index in [0.717, 1.165) is 35.4 Å². The Morgan fingerprint density at radius 1 is 0.800 bits per heavy atom. The molecule has 104 valence electrons. The van der Waals surface area contributed by atoms with Crippen LogP contribution in [0.5, 0.6) is 0 Å². The average Bonchev–Trinajstić information content (AvgIpc) is 2.93. The first-order valence-electron chi connectivity index (χ1n) is 6.78. The van der Waals surface area contributed by atoms with E-state index >= 15 is 0 Å². The molecule has 2 aromatic heterocycles. The number of rotatable bonds is 2. The lowest BCUT2D eigenvalue weighted by molar-refractivity contribution is 0.101. The SMILES string of the molecule is CC(=O)c1scc2c1CCc1c(csc1C(C)=O)CC2. The predicted molar refractivity (Wildman–Crippen MR) is 83.5 cm³/mol. The van der Waals surface area contributed by atoms with Gasteiger partial charge in [-0.15, -0.1) is 22.7 Å². The Morgan fingerprint density at radius 3 is 1.55 bits per heavy atom. The summed E-state index contributed by atoms with van der Waals surface area (Å²) >= 11 is 3.14. The van der Waals surface area contributed by atoms with E-state index in [-0.39, 0.29) is 11.6 Å². The van der Waals surface area contributed by atoms with Gasteiger partial charge in [0.1, 0.15) is 0 Å². The van der Waals surface area contributed by atoms with Crippen molar-refractivity contribution in [2.75, 3.05) is 0 Å². The molecule has 0 N–H and O–H groups in total. The lowest BCUT2D eigenvalue weighted by Gasteiger charge is -2.13. The van der Waals surface area contributed by atoms with Crippen molar-refractivity contribution in [3.63, 3.8) is 0 Å². The molecule has 0 radical (unpaired) electrons. The molecule has 0 spiro atoms. The van der Waals surface area contributed by atoms with Gasteiger partial charge in [0.2, 0.25) is 0 Å². The topological polar surface area (TPSA) is 34.1 Å². The van der Waals surface area contributed by atoms with E-state index in [4.69, 9.17) is 0 Å². The Morgan fingerprint density at radius 2 is 1.20 bits per heavy atom. The van der Waals surface area contributed by atoms with Crippen LogP contribution >= 0.6 is 22.7 Å². The number of hydrogen-bond acceptors (Lipinski definition) is 4. The summed E-state index contributed by atoms with van der Waals surface area (Å²) in [5, 5.41) is 4.27. The molecular formula is C16H16O2S2. The Hall–Kier alpha value is -1.26. The number of carbonyl (C=O) groups excluding carboxylic acids is 2. The number of Topliss-reactive ketones (excluding diaryl/α,β-unsaturated/α-hetero) is 2. The quantitative estimate of drug-likeness (QED) is 0.783. The average molecular weight is 304 g/mol. The van der Waals surface area contributed by atoms with E-state index in [9.17, 15) is 9.59 Å². The van der Waals surface area contributed by atoms with Gasteiger partial charge >= 0.3 is 0 Å². The van der Waals surface area contributed by atoms with Crippen molar-refractivity contribution in [2.45, 2.75) is 39.5 Å². The predicted octanol–water partition coefficient (Wildman–Crippen LogP) is 4.10. The zero-order valence-electron chi connectivity index (χ0n) is 11.6. The van der Waals surface area contributed by atoms with Crippen molar-refractivity contribution in [1.29, 1.82) is 0 Å². The Kier molecular flexibility index (Phi) is 3.61. The third-order valence-corrected chi connectivity index (χ3v) is 6.23. The minimum Gasteiger partial charge on any atom is -0.294 e. The summed E-state index contributed by atoms with van der Waals surface area (Å²) in [6.07, 6.45) is 3.69. The summed E-state index contributed by atoms with van der Waals surface area (Å²) in [4.78, 5) is 25.2. The molecule has 2 aromatic rings. The van der Waals surface area contributed by atoms with Crippen molar-refractivity contribution < 1.29 is 9.59 Å². The largest absolute Gasteiger partial charge is 0.294 e. The van der Waals surface area contributed by atoms with Crippen LogP contribution in [-0.2, 0) is 25.7 Å². The van der Waals surface area contributed by atoms with Gasteiger partial charge in [0, 0.05) is 0 Å². The number of aryl methyl sites for hydroxylation is 2. The number of thiophene rings is 2. The lowest BCUT2D eigenvalue weighted by Crippen LogP contribution is -2.08. The molecule has 0 amide bonds. The molecule has 3 rings (SSSR count). The van der Waals surface area contributed by atoms with Crippen molar-refractivity contribution in [1.82, 2.24) is 0 Å². The van der Waals surface area contributed by atoms with E-state index < -0.39 is 0 Å². The normalized spacial score (nSPS) is 14.1. The molecule has 0 atom stereocenters. The molecular weight excluding hydrogens is 288 g/mol. The van der Waals surface area contributed by atoms with Gasteiger partial charge in [-0.05, 0) is 72.5 Å². The van der Waals surface area contributed by atoms with Gasteiger partial charge in [-0.25, -0.2) is 0 Å². The fourth-order valence-corrected chi connectivity index (χ4v) is 5.04. The minimum atomic E-state index is 0.161. The van der Waals surface area contributed by atoms with Crippen LogP contribution in [-0.4, -0.2) is 11.6 Å². The number of carbonyl (C=O) groups is 2. The van der Waals surface area contributed by atoms with Crippen molar-refractivity contribution in [2.24, 2.45) is 0 Å². The number of hydrogen-bond donors (Lipinski definition) is 0. The van der Waals surface area contributed by atoms with Gasteiger partial charge in [0.15, 0.2) is 11.6 Å². The van der Waals surface area contributed by atoms with Crippen LogP contribution in [0.3, 0.4) is 0 Å². The van der Waals surface area contributed by atoms with Crippen molar-refractivity contribution >= 4 is 34.2 Å². The molecule has 1 aliphatic carbocycles. The van der Waals surface area contributed by atoms with Crippen LogP contribution in [0.1, 0.15) is 55.4 Å². The van der Waals surface area contributed by atoms with E-state index in [0.29, 0.717) is 0 Å². The summed E-state index contributed by atoms with van der Waals surface area (Å²) in [6, 6.07) is 0. The summed E-state index contributed by atoms with van der Waals surface area (Å²) in [5.41, 5.74) is 5.07. The van der Waals surface area contributed by atoms with E-state index in [1.165, 1.54) is 22.3 Å². The molecule has 0 saturated carbocycles. The molecule has 0 bridgehead atoms. The Bertz CT molecular complexity index is 631. The minimum absolute atomic E-state index is 0.161. The monoisotopic (exact) mass is 304 g/mol. The van der Waals surface area contributed by atoms with Crippen LogP contribution in [0.2, 0.25) is 0 Å². The van der Waals surface area contributed by atoms with Gasteiger partial charge in [-0.3, -0.25) is 9.59 Å². The molecule has 1 aliphatic rings. The van der Waals surface area contributed by atoms with Crippen LogP contribution in [0.15, 0.2) is 10.8 Å².